The molecule has 0 aliphatic heterocycles. The largest absolute Gasteiger partial charge is 0.491 e. The van der Waals surface area contributed by atoms with Gasteiger partial charge in [-0.05, 0) is 68.7 Å². The van der Waals surface area contributed by atoms with Crippen molar-refractivity contribution in [1.82, 2.24) is 0 Å². The maximum atomic E-state index is 5.64. The average Bonchev–Trinajstić information content (AvgIpc) is 2.36. The highest BCUT2D eigenvalue weighted by atomic mass is 16.5. The van der Waals surface area contributed by atoms with Crippen molar-refractivity contribution < 1.29 is 4.74 Å². The number of ether oxygens (including phenoxy) is 1. The van der Waals surface area contributed by atoms with Gasteiger partial charge in [0.2, 0.25) is 0 Å². The molecule has 0 aromatic heterocycles. The normalized spacial score (nSPS) is 10.7. The summed E-state index contributed by atoms with van der Waals surface area (Å²) in [7, 11) is 0. The molecule has 0 fully saturated rings. The number of aryl methyl sites for hydroxylation is 2. The van der Waals surface area contributed by atoms with Crippen molar-refractivity contribution in [3.05, 3.63) is 59.2 Å². The molecule has 0 spiro atoms. The number of anilines is 1. The van der Waals surface area contributed by atoms with Crippen molar-refractivity contribution in [2.45, 2.75) is 40.3 Å². The first kappa shape index (κ1) is 14.4. The molecule has 0 saturated carbocycles. The Morgan fingerprint density at radius 3 is 2.10 bits per heavy atom. The Hall–Kier alpha value is -1.96. The lowest BCUT2D eigenvalue weighted by Crippen LogP contribution is -2.05. The molecular weight excluding hydrogens is 246 g/mol. The smallest absolute Gasteiger partial charge is 0.119 e. The average molecular weight is 269 g/mol. The highest BCUT2D eigenvalue weighted by Crippen LogP contribution is 2.17. The molecule has 2 aromatic carbocycles. The monoisotopic (exact) mass is 269 g/mol. The quantitative estimate of drug-likeness (QED) is 0.849. The van der Waals surface area contributed by atoms with Crippen molar-refractivity contribution >= 4 is 5.69 Å². The summed E-state index contributed by atoms with van der Waals surface area (Å²) in [6, 6.07) is 14.8. The third-order valence-electron chi connectivity index (χ3n) is 3.01. The van der Waals surface area contributed by atoms with Crippen LogP contribution < -0.4 is 10.1 Å². The summed E-state index contributed by atoms with van der Waals surface area (Å²) < 4.78 is 5.64. The van der Waals surface area contributed by atoms with E-state index in [0.717, 1.165) is 12.3 Å². The molecule has 2 heteroatoms. The summed E-state index contributed by atoms with van der Waals surface area (Å²) in [5.74, 6) is 0.926. The Morgan fingerprint density at radius 2 is 1.55 bits per heavy atom. The van der Waals surface area contributed by atoms with E-state index >= 15 is 0 Å². The van der Waals surface area contributed by atoms with E-state index in [-0.39, 0.29) is 6.10 Å². The van der Waals surface area contributed by atoms with Gasteiger partial charge in [-0.1, -0.05) is 18.2 Å². The zero-order valence-electron chi connectivity index (χ0n) is 12.7. The summed E-state index contributed by atoms with van der Waals surface area (Å²) in [5, 5.41) is 3.46. The predicted octanol–water partition coefficient (Wildman–Crippen LogP) is 4.70. The Morgan fingerprint density at radius 1 is 0.950 bits per heavy atom. The molecule has 2 rings (SSSR count). The van der Waals surface area contributed by atoms with Crippen LogP contribution in [0.1, 0.15) is 30.5 Å². The van der Waals surface area contributed by atoms with Crippen LogP contribution in [0.2, 0.25) is 0 Å². The highest BCUT2D eigenvalue weighted by Gasteiger charge is 1.99. The lowest BCUT2D eigenvalue weighted by atomic mass is 10.1. The van der Waals surface area contributed by atoms with Gasteiger partial charge in [0.1, 0.15) is 5.75 Å². The molecule has 2 nitrogen and oxygen atoms in total. The summed E-state index contributed by atoms with van der Waals surface area (Å²) in [5.41, 5.74) is 4.99. The number of hydrogen-bond acceptors (Lipinski definition) is 2. The zero-order valence-corrected chi connectivity index (χ0v) is 12.7. The van der Waals surface area contributed by atoms with E-state index < -0.39 is 0 Å². The number of benzene rings is 2. The van der Waals surface area contributed by atoms with E-state index in [9.17, 15) is 0 Å². The zero-order chi connectivity index (χ0) is 14.5. The molecule has 0 saturated heterocycles. The maximum absolute atomic E-state index is 5.64. The van der Waals surface area contributed by atoms with Crippen LogP contribution in [0.5, 0.6) is 5.75 Å². The van der Waals surface area contributed by atoms with Crippen molar-refractivity contribution in [1.29, 1.82) is 0 Å². The molecule has 0 aliphatic carbocycles. The molecule has 0 atom stereocenters. The molecule has 1 N–H and O–H groups in total. The van der Waals surface area contributed by atoms with Gasteiger partial charge in [0.15, 0.2) is 0 Å². The second-order valence-electron chi connectivity index (χ2n) is 5.54. The van der Waals surface area contributed by atoms with Crippen molar-refractivity contribution in [3.63, 3.8) is 0 Å². The Balaban J connectivity index is 1.96. The van der Waals surface area contributed by atoms with Gasteiger partial charge in [-0.15, -0.1) is 0 Å². The lowest BCUT2D eigenvalue weighted by molar-refractivity contribution is 0.242. The fourth-order valence-electron chi connectivity index (χ4n) is 2.24. The van der Waals surface area contributed by atoms with E-state index in [1.165, 1.54) is 22.4 Å². The first-order chi connectivity index (χ1) is 9.52. The van der Waals surface area contributed by atoms with E-state index in [2.05, 4.69) is 49.5 Å². The standard InChI is InChI=1S/C18H23NO/c1-13(2)20-18-7-5-16(6-8-18)12-19-17-10-14(3)9-15(4)11-17/h5-11,13,19H,12H2,1-4H3. The van der Waals surface area contributed by atoms with Crippen LogP contribution in [-0.2, 0) is 6.54 Å². The highest BCUT2D eigenvalue weighted by molar-refractivity contribution is 5.48. The van der Waals surface area contributed by atoms with Gasteiger partial charge in [0.25, 0.3) is 0 Å². The van der Waals surface area contributed by atoms with Crippen LogP contribution in [-0.4, -0.2) is 6.10 Å². The summed E-state index contributed by atoms with van der Waals surface area (Å²) in [4.78, 5) is 0. The molecule has 20 heavy (non-hydrogen) atoms. The Kier molecular flexibility index (Phi) is 4.67. The van der Waals surface area contributed by atoms with Crippen LogP contribution in [0.4, 0.5) is 5.69 Å². The molecule has 0 heterocycles. The van der Waals surface area contributed by atoms with Crippen LogP contribution >= 0.6 is 0 Å². The molecule has 0 bridgehead atoms. The second kappa shape index (κ2) is 6.47. The summed E-state index contributed by atoms with van der Waals surface area (Å²) in [6.45, 7) is 9.14. The van der Waals surface area contributed by atoms with Crippen LogP contribution in [0.25, 0.3) is 0 Å². The van der Waals surface area contributed by atoms with E-state index in [4.69, 9.17) is 4.74 Å². The number of rotatable bonds is 5. The third kappa shape index (κ3) is 4.30. The lowest BCUT2D eigenvalue weighted by Gasteiger charge is -2.11. The molecule has 2 aromatic rings. The van der Waals surface area contributed by atoms with Crippen LogP contribution in [0.3, 0.4) is 0 Å². The first-order valence-corrected chi connectivity index (χ1v) is 7.11. The van der Waals surface area contributed by atoms with Crippen LogP contribution in [0, 0.1) is 13.8 Å². The van der Waals surface area contributed by atoms with Crippen molar-refractivity contribution in [3.8, 4) is 5.75 Å². The molecule has 0 aliphatic rings. The van der Waals surface area contributed by atoms with E-state index in [0.29, 0.717) is 0 Å². The van der Waals surface area contributed by atoms with Crippen LogP contribution in [0.15, 0.2) is 42.5 Å². The second-order valence-corrected chi connectivity index (χ2v) is 5.54. The summed E-state index contributed by atoms with van der Waals surface area (Å²) >= 11 is 0. The minimum absolute atomic E-state index is 0.217. The number of hydrogen-bond donors (Lipinski definition) is 1. The van der Waals surface area contributed by atoms with Gasteiger partial charge in [-0.25, -0.2) is 0 Å². The fraction of sp³-hybridized carbons (Fsp3) is 0.333. The van der Waals surface area contributed by atoms with Gasteiger partial charge in [0, 0.05) is 12.2 Å². The van der Waals surface area contributed by atoms with Gasteiger partial charge in [0.05, 0.1) is 6.10 Å². The molecule has 0 unspecified atom stereocenters. The van der Waals surface area contributed by atoms with Gasteiger partial charge in [-0.2, -0.15) is 0 Å². The topological polar surface area (TPSA) is 21.3 Å². The minimum atomic E-state index is 0.217. The summed E-state index contributed by atoms with van der Waals surface area (Å²) in [6.07, 6.45) is 0.217. The minimum Gasteiger partial charge on any atom is -0.491 e. The van der Waals surface area contributed by atoms with E-state index in [1.807, 2.05) is 26.0 Å². The first-order valence-electron chi connectivity index (χ1n) is 7.11. The van der Waals surface area contributed by atoms with Gasteiger partial charge < -0.3 is 10.1 Å². The molecular formula is C18H23NO. The molecule has 0 amide bonds. The predicted molar refractivity (Wildman–Crippen MR) is 85.4 cm³/mol. The Labute approximate surface area is 121 Å². The van der Waals surface area contributed by atoms with Crippen molar-refractivity contribution in [2.75, 3.05) is 5.32 Å². The number of nitrogens with one attached hydrogen (secondary N) is 1. The molecule has 0 radical (unpaired) electrons. The van der Waals surface area contributed by atoms with Gasteiger partial charge in [-0.3, -0.25) is 0 Å². The molecule has 106 valence electrons. The fourth-order valence-corrected chi connectivity index (χ4v) is 2.24. The third-order valence-corrected chi connectivity index (χ3v) is 3.01. The van der Waals surface area contributed by atoms with E-state index in [1.54, 1.807) is 0 Å². The SMILES string of the molecule is Cc1cc(C)cc(NCc2ccc(OC(C)C)cc2)c1. The Bertz CT molecular complexity index is 538. The van der Waals surface area contributed by atoms with Gasteiger partial charge >= 0.3 is 0 Å². The maximum Gasteiger partial charge on any atom is 0.119 e. The van der Waals surface area contributed by atoms with Crippen molar-refractivity contribution in [2.24, 2.45) is 0 Å².